The molecule has 1 saturated heterocycles. The molecule has 37 heavy (non-hydrogen) atoms. The number of aromatic nitrogens is 3. The van der Waals surface area contributed by atoms with Gasteiger partial charge in [-0.2, -0.15) is 9.78 Å². The number of ether oxygens (including phenoxy) is 1. The average molecular weight is 503 g/mol. The molecule has 2 aromatic heterocycles. The zero-order valence-electron chi connectivity index (χ0n) is 22.4. The second-order valence-corrected chi connectivity index (χ2v) is 10.8. The lowest BCUT2D eigenvalue weighted by molar-refractivity contribution is 0.0502. The maximum atomic E-state index is 12.4. The summed E-state index contributed by atoms with van der Waals surface area (Å²) in [4.78, 5) is 31.3. The molecular weight excluding hydrogens is 468 g/mol. The average Bonchev–Trinajstić information content (AvgIpc) is 3.47. The maximum absolute atomic E-state index is 12.4. The maximum Gasteiger partial charge on any atom is 0.407 e. The molecule has 1 fully saturated rings. The van der Waals surface area contributed by atoms with Crippen LogP contribution in [0.15, 0.2) is 30.3 Å². The zero-order chi connectivity index (χ0) is 27.0. The Balaban J connectivity index is 1.81. The van der Waals surface area contributed by atoms with Crippen molar-refractivity contribution in [2.24, 2.45) is 5.41 Å². The largest absolute Gasteiger partial charge is 0.444 e. The molecule has 3 heterocycles. The van der Waals surface area contributed by atoms with Crippen molar-refractivity contribution >= 4 is 23.3 Å². The number of Topliss-reactive ketones (excluding diaryl/α,β-unsaturated/α-hetero) is 1. The van der Waals surface area contributed by atoms with Gasteiger partial charge in [-0.15, -0.1) is 5.10 Å². The van der Waals surface area contributed by atoms with E-state index in [2.05, 4.69) is 33.3 Å². The van der Waals surface area contributed by atoms with Gasteiger partial charge in [0.2, 0.25) is 5.82 Å². The van der Waals surface area contributed by atoms with Crippen molar-refractivity contribution in [1.82, 2.24) is 19.9 Å². The van der Waals surface area contributed by atoms with Crippen LogP contribution < -0.4 is 10.2 Å². The van der Waals surface area contributed by atoms with Crippen molar-refractivity contribution < 1.29 is 14.3 Å². The number of anilines is 1. The topological polar surface area (TPSA) is 113 Å². The molecule has 1 amide bonds. The first kappa shape index (κ1) is 26.1. The second kappa shape index (κ2) is 9.85. The molecule has 1 unspecified atom stereocenters. The minimum Gasteiger partial charge on any atom is -0.444 e. The lowest BCUT2D eigenvalue weighted by Crippen LogP contribution is -2.41. The minimum atomic E-state index is -0.567. The van der Waals surface area contributed by atoms with Gasteiger partial charge in [0.05, 0.1) is 0 Å². The van der Waals surface area contributed by atoms with Gasteiger partial charge in [0.25, 0.3) is 0 Å². The summed E-state index contributed by atoms with van der Waals surface area (Å²) >= 11 is 0. The number of amides is 1. The zero-order valence-corrected chi connectivity index (χ0v) is 22.4. The summed E-state index contributed by atoms with van der Waals surface area (Å²) < 4.78 is 7.10. The number of carbonyl (C=O) groups is 2. The Morgan fingerprint density at radius 3 is 2.54 bits per heavy atom. The Morgan fingerprint density at radius 2 is 1.95 bits per heavy atom. The molecule has 0 saturated carbocycles. The molecule has 1 N–H and O–H groups in total. The highest BCUT2D eigenvalue weighted by molar-refractivity contribution is 5.92. The van der Waals surface area contributed by atoms with E-state index in [0.717, 1.165) is 41.9 Å². The highest BCUT2D eigenvalue weighted by Crippen LogP contribution is 2.42. The summed E-state index contributed by atoms with van der Waals surface area (Å²) in [5.41, 5.74) is 2.66. The van der Waals surface area contributed by atoms with Crippen LogP contribution in [0, 0.1) is 23.7 Å². The van der Waals surface area contributed by atoms with Crippen molar-refractivity contribution in [1.29, 1.82) is 5.26 Å². The van der Waals surface area contributed by atoms with Crippen LogP contribution in [0.1, 0.15) is 69.2 Å². The summed E-state index contributed by atoms with van der Waals surface area (Å²) in [5, 5.41) is 17.6. The summed E-state index contributed by atoms with van der Waals surface area (Å²) in [6.45, 7) is 12.9. The molecule has 1 aliphatic heterocycles. The van der Waals surface area contributed by atoms with Crippen LogP contribution in [-0.4, -0.2) is 51.7 Å². The number of benzene rings is 1. The molecule has 9 heteroatoms. The SMILES string of the molecule is CCC1(CNC(=O)OC(C)(C)C)CCN(c2c(-c3ccccc3)c(C)c(C#N)c3nc(C(C)=O)nn23)C1. The van der Waals surface area contributed by atoms with Crippen LogP contribution in [0.3, 0.4) is 0 Å². The fraction of sp³-hybridized carbons (Fsp3) is 0.464. The molecule has 1 aliphatic rings. The van der Waals surface area contributed by atoms with Crippen LogP contribution in [-0.2, 0) is 4.74 Å². The number of rotatable bonds is 6. The number of ketones is 1. The Hall–Kier alpha value is -3.93. The lowest BCUT2D eigenvalue weighted by atomic mass is 9.84. The Labute approximate surface area is 217 Å². The molecule has 3 aromatic rings. The van der Waals surface area contributed by atoms with E-state index < -0.39 is 11.7 Å². The number of carbonyl (C=O) groups excluding carboxylic acids is 2. The third-order valence-corrected chi connectivity index (χ3v) is 6.99. The summed E-state index contributed by atoms with van der Waals surface area (Å²) in [6, 6.07) is 12.2. The summed E-state index contributed by atoms with van der Waals surface area (Å²) in [7, 11) is 0. The molecule has 1 aromatic carbocycles. The highest BCUT2D eigenvalue weighted by atomic mass is 16.6. The summed E-state index contributed by atoms with van der Waals surface area (Å²) in [6.07, 6.45) is 1.28. The number of fused-ring (bicyclic) bond motifs is 1. The van der Waals surface area contributed by atoms with E-state index in [1.807, 2.05) is 58.0 Å². The molecule has 0 bridgehead atoms. The third kappa shape index (κ3) is 5.15. The Kier molecular flexibility index (Phi) is 6.96. The van der Waals surface area contributed by atoms with E-state index in [-0.39, 0.29) is 17.0 Å². The Bertz CT molecular complexity index is 1380. The van der Waals surface area contributed by atoms with E-state index in [4.69, 9.17) is 4.74 Å². The Morgan fingerprint density at radius 1 is 1.24 bits per heavy atom. The second-order valence-electron chi connectivity index (χ2n) is 10.8. The monoisotopic (exact) mass is 502 g/mol. The van der Waals surface area contributed by atoms with Gasteiger partial charge in [0.15, 0.2) is 11.4 Å². The number of hydrogen-bond donors (Lipinski definition) is 1. The third-order valence-electron chi connectivity index (χ3n) is 6.99. The first-order valence-corrected chi connectivity index (χ1v) is 12.6. The van der Waals surface area contributed by atoms with Gasteiger partial charge < -0.3 is 15.0 Å². The molecule has 0 radical (unpaired) electrons. The van der Waals surface area contributed by atoms with Crippen LogP contribution in [0.4, 0.5) is 10.6 Å². The highest BCUT2D eigenvalue weighted by Gasteiger charge is 2.40. The van der Waals surface area contributed by atoms with Crippen LogP contribution >= 0.6 is 0 Å². The van der Waals surface area contributed by atoms with E-state index in [9.17, 15) is 14.9 Å². The molecule has 194 valence electrons. The lowest BCUT2D eigenvalue weighted by Gasteiger charge is -2.30. The number of hydrogen-bond acceptors (Lipinski definition) is 7. The van der Waals surface area contributed by atoms with Crippen molar-refractivity contribution in [3.8, 4) is 17.2 Å². The van der Waals surface area contributed by atoms with Gasteiger partial charge in [-0.05, 0) is 51.7 Å². The van der Waals surface area contributed by atoms with Crippen LogP contribution in [0.25, 0.3) is 16.8 Å². The molecule has 0 aliphatic carbocycles. The quantitative estimate of drug-likeness (QED) is 0.477. The number of nitrogens with one attached hydrogen (secondary N) is 1. The van der Waals surface area contributed by atoms with Gasteiger partial charge in [0.1, 0.15) is 23.1 Å². The molecule has 1 atom stereocenters. The normalized spacial score (nSPS) is 17.6. The van der Waals surface area contributed by atoms with Crippen molar-refractivity contribution in [2.75, 3.05) is 24.5 Å². The molecular formula is C28H34N6O3. The van der Waals surface area contributed by atoms with E-state index in [1.54, 1.807) is 4.52 Å². The minimum absolute atomic E-state index is 0.0786. The fourth-order valence-corrected chi connectivity index (χ4v) is 4.96. The standard InChI is InChI=1S/C28H34N6O3/c1-7-28(16-30-26(36)37-27(4,5)6)13-14-33(17-28)25-22(20-11-9-8-10-12-20)18(2)21(15-29)24-31-23(19(3)35)32-34(24)25/h8-12H,7,13-14,16-17H2,1-6H3,(H,30,36). The molecule has 9 nitrogen and oxygen atoms in total. The van der Waals surface area contributed by atoms with E-state index >= 15 is 0 Å². The van der Waals surface area contributed by atoms with Crippen molar-refractivity contribution in [2.45, 2.75) is 60.0 Å². The van der Waals surface area contributed by atoms with Crippen molar-refractivity contribution in [3.63, 3.8) is 0 Å². The molecule has 0 spiro atoms. The summed E-state index contributed by atoms with van der Waals surface area (Å²) in [5.74, 6) is 0.614. The smallest absolute Gasteiger partial charge is 0.407 e. The van der Waals surface area contributed by atoms with Crippen LogP contribution in [0.2, 0.25) is 0 Å². The van der Waals surface area contributed by atoms with Crippen LogP contribution in [0.5, 0.6) is 0 Å². The fourth-order valence-electron chi connectivity index (χ4n) is 4.96. The predicted octanol–water partition coefficient (Wildman–Crippen LogP) is 4.91. The van der Waals surface area contributed by atoms with Gasteiger partial charge in [0, 0.05) is 37.5 Å². The van der Waals surface area contributed by atoms with E-state index in [1.165, 1.54) is 6.92 Å². The van der Waals surface area contributed by atoms with Gasteiger partial charge in [-0.1, -0.05) is 37.3 Å². The number of nitriles is 1. The van der Waals surface area contributed by atoms with Gasteiger partial charge in [-0.3, -0.25) is 4.79 Å². The number of pyridine rings is 1. The number of nitrogens with zero attached hydrogens (tertiary/aromatic N) is 5. The van der Waals surface area contributed by atoms with Gasteiger partial charge in [-0.25, -0.2) is 9.78 Å². The number of alkyl carbamates (subject to hydrolysis) is 1. The first-order valence-electron chi connectivity index (χ1n) is 12.6. The predicted molar refractivity (Wildman–Crippen MR) is 142 cm³/mol. The first-order chi connectivity index (χ1) is 17.5. The van der Waals surface area contributed by atoms with Crippen molar-refractivity contribution in [3.05, 3.63) is 47.3 Å². The van der Waals surface area contributed by atoms with E-state index in [0.29, 0.717) is 24.3 Å². The van der Waals surface area contributed by atoms with Gasteiger partial charge >= 0.3 is 6.09 Å². The molecule has 4 rings (SSSR count).